The number of carbonyl (C=O) groups is 1. The molecule has 0 aliphatic carbocycles. The first-order valence-electron chi connectivity index (χ1n) is 10.6. The maximum Gasteiger partial charge on any atom is 1.00 e. The van der Waals surface area contributed by atoms with E-state index in [0.717, 1.165) is 25.0 Å². The van der Waals surface area contributed by atoms with Crippen molar-refractivity contribution in [3.8, 4) is 5.75 Å². The molecule has 2 aromatic heterocycles. The maximum atomic E-state index is 13.9. The summed E-state index contributed by atoms with van der Waals surface area (Å²) in [5.41, 5.74) is 0.642. The first-order chi connectivity index (χ1) is 16.2. The van der Waals surface area contributed by atoms with Gasteiger partial charge in [-0.25, -0.2) is 18.3 Å². The number of carboxylic acid groups (broad SMARTS) is 1. The fraction of sp³-hybridized carbons (Fsp3) is 0.348. The Morgan fingerprint density at radius 2 is 2.03 bits per heavy atom. The number of aromatic nitrogens is 3. The van der Waals surface area contributed by atoms with E-state index >= 15 is 0 Å². The van der Waals surface area contributed by atoms with Crippen LogP contribution in [-0.2, 0) is 17.9 Å². The molecule has 3 heterocycles. The Kier molecular flexibility index (Phi) is 10.8. The van der Waals surface area contributed by atoms with E-state index in [4.69, 9.17) is 9.47 Å². The molecule has 1 aliphatic rings. The Balaban J connectivity index is 0.00000228. The van der Waals surface area contributed by atoms with E-state index in [9.17, 15) is 23.5 Å². The summed E-state index contributed by atoms with van der Waals surface area (Å²) in [5.74, 6) is -2.36. The van der Waals surface area contributed by atoms with Crippen molar-refractivity contribution >= 4 is 21.9 Å². The van der Waals surface area contributed by atoms with Gasteiger partial charge in [0.1, 0.15) is 34.2 Å². The van der Waals surface area contributed by atoms with Crippen molar-refractivity contribution in [2.45, 2.75) is 45.6 Å². The van der Waals surface area contributed by atoms with Gasteiger partial charge >= 0.3 is 35.5 Å². The predicted octanol–water partition coefficient (Wildman–Crippen LogP) is 1.25. The molecule has 13 heteroatoms. The largest absolute Gasteiger partial charge is 1.00 e. The summed E-state index contributed by atoms with van der Waals surface area (Å²) >= 11 is 3.24. The van der Waals surface area contributed by atoms with E-state index in [0.29, 0.717) is 24.4 Å². The number of rotatable bonds is 7. The number of hydrogen-bond donors (Lipinski definition) is 1. The molecule has 4 rings (SSSR count). The normalized spacial score (nSPS) is 15.1. The number of aryl methyl sites for hydroxylation is 1. The van der Waals surface area contributed by atoms with E-state index in [2.05, 4.69) is 21.0 Å². The molecule has 0 spiro atoms. The van der Waals surface area contributed by atoms with E-state index in [1.54, 1.807) is 13.0 Å². The number of carboxylic acids is 1. The van der Waals surface area contributed by atoms with Crippen LogP contribution in [0.15, 0.2) is 39.6 Å². The van der Waals surface area contributed by atoms with Gasteiger partial charge in [-0.2, -0.15) is 5.10 Å². The quantitative estimate of drug-likeness (QED) is 0.419. The summed E-state index contributed by atoms with van der Waals surface area (Å²) in [7, 11) is 0. The van der Waals surface area contributed by atoms with Gasteiger partial charge in [-0.15, -0.1) is 0 Å². The topological polar surface area (TPSA) is 126 Å². The van der Waals surface area contributed by atoms with Crippen LogP contribution in [-0.4, -0.2) is 37.5 Å². The van der Waals surface area contributed by atoms with E-state index in [-0.39, 0.29) is 69.7 Å². The molecule has 0 bridgehead atoms. The van der Waals surface area contributed by atoms with Gasteiger partial charge in [0.05, 0.1) is 12.2 Å². The average molecular weight is 578 g/mol. The van der Waals surface area contributed by atoms with Crippen LogP contribution in [0.5, 0.6) is 5.75 Å². The summed E-state index contributed by atoms with van der Waals surface area (Å²) in [5, 5.41) is 14.0. The van der Waals surface area contributed by atoms with Gasteiger partial charge in [0.25, 0.3) is 5.56 Å². The van der Waals surface area contributed by atoms with Crippen molar-refractivity contribution in [1.82, 2.24) is 14.3 Å². The standard InChI is InChI=1S/C23H22BrF2N3O5.Na.H2O/c1-13-8-19(34-12-14-5-6-15(25)9-17(14)26)21(24)22(30)28(13)11-16-10-18(23(31)32)29(27-16)20-4-2-3-7-33-20;;/h5-6,8-10,20H,2-4,7,11-12H2,1H3,(H,31,32);;1H2/q;+1;/p-1. The summed E-state index contributed by atoms with van der Waals surface area (Å²) in [6.07, 6.45) is 2.03. The summed E-state index contributed by atoms with van der Waals surface area (Å²) in [6, 6.07) is 6.20. The molecule has 2 N–H and O–H groups in total. The van der Waals surface area contributed by atoms with Crippen molar-refractivity contribution in [1.29, 1.82) is 0 Å². The Morgan fingerprint density at radius 3 is 2.67 bits per heavy atom. The van der Waals surface area contributed by atoms with Crippen LogP contribution in [0.4, 0.5) is 8.78 Å². The fourth-order valence-electron chi connectivity index (χ4n) is 3.79. The molecular weight excluding hydrogens is 555 g/mol. The molecule has 36 heavy (non-hydrogen) atoms. The molecule has 1 aromatic carbocycles. The second-order valence-corrected chi connectivity index (χ2v) is 8.76. The second kappa shape index (κ2) is 12.9. The molecule has 3 aromatic rings. The van der Waals surface area contributed by atoms with Gasteiger partial charge in [0.15, 0.2) is 6.23 Å². The zero-order valence-electron chi connectivity index (χ0n) is 19.7. The monoisotopic (exact) mass is 577 g/mol. The van der Waals surface area contributed by atoms with E-state index in [1.165, 1.54) is 21.4 Å². The van der Waals surface area contributed by atoms with Gasteiger partial charge in [0.2, 0.25) is 0 Å². The fourth-order valence-corrected chi connectivity index (χ4v) is 4.23. The van der Waals surface area contributed by atoms with E-state index < -0.39 is 29.4 Å². The number of ether oxygens (including phenoxy) is 2. The Morgan fingerprint density at radius 1 is 1.28 bits per heavy atom. The summed E-state index contributed by atoms with van der Waals surface area (Å²) in [6.45, 7) is 2.07. The third kappa shape index (κ3) is 6.61. The zero-order chi connectivity index (χ0) is 24.4. The van der Waals surface area contributed by atoms with Crippen molar-refractivity contribution in [3.63, 3.8) is 0 Å². The van der Waals surface area contributed by atoms with Crippen LogP contribution in [0.3, 0.4) is 0 Å². The molecular formula is C23H23BrF2N3NaO6. The summed E-state index contributed by atoms with van der Waals surface area (Å²) in [4.78, 5) is 24.7. The van der Waals surface area contributed by atoms with Crippen LogP contribution in [0.25, 0.3) is 0 Å². The van der Waals surface area contributed by atoms with Crippen molar-refractivity contribution in [2.24, 2.45) is 0 Å². The van der Waals surface area contributed by atoms with Gasteiger partial charge in [-0.3, -0.25) is 4.79 Å². The Labute approximate surface area is 235 Å². The maximum absolute atomic E-state index is 13.9. The minimum absolute atomic E-state index is 0. The first-order valence-corrected chi connectivity index (χ1v) is 11.4. The van der Waals surface area contributed by atoms with Crippen LogP contribution in [0.2, 0.25) is 0 Å². The number of benzene rings is 1. The van der Waals surface area contributed by atoms with E-state index in [1.807, 2.05) is 0 Å². The number of aromatic carboxylic acids is 1. The molecule has 9 nitrogen and oxygen atoms in total. The molecule has 1 saturated heterocycles. The molecule has 188 valence electrons. The molecule has 0 radical (unpaired) electrons. The smallest absolute Gasteiger partial charge is 0.870 e. The molecule has 0 amide bonds. The minimum atomic E-state index is -1.13. The van der Waals surface area contributed by atoms with Crippen LogP contribution in [0, 0.1) is 18.6 Å². The third-order valence-electron chi connectivity index (χ3n) is 5.57. The average Bonchev–Trinajstić information content (AvgIpc) is 3.24. The molecule has 0 saturated carbocycles. The number of pyridine rings is 1. The van der Waals surface area contributed by atoms with Crippen molar-refractivity contribution in [3.05, 3.63) is 79.4 Å². The van der Waals surface area contributed by atoms with Crippen LogP contribution < -0.4 is 39.9 Å². The third-order valence-corrected chi connectivity index (χ3v) is 6.30. The molecule has 1 fully saturated rings. The Bertz CT molecular complexity index is 1290. The molecule has 1 unspecified atom stereocenters. The van der Waals surface area contributed by atoms with Crippen LogP contribution in [0.1, 0.15) is 52.9 Å². The van der Waals surface area contributed by atoms with Gasteiger partial charge in [-0.1, -0.05) is 0 Å². The van der Waals surface area contributed by atoms with Gasteiger partial charge in [0, 0.05) is 30.0 Å². The number of nitrogens with zero attached hydrogens (tertiary/aromatic N) is 3. The van der Waals surface area contributed by atoms with Crippen molar-refractivity contribution in [2.75, 3.05) is 6.61 Å². The van der Waals surface area contributed by atoms with Gasteiger partial charge in [-0.05, 0) is 60.3 Å². The molecule has 1 aliphatic heterocycles. The zero-order valence-corrected chi connectivity index (χ0v) is 23.3. The number of halogens is 3. The SMILES string of the molecule is Cc1cc(OCc2ccc(F)cc2F)c(Br)c(=O)n1Cc1cc(C(=O)O)n(C2CCCCO2)n1.[Na+].[OH-]. The second-order valence-electron chi connectivity index (χ2n) is 7.97. The summed E-state index contributed by atoms with van der Waals surface area (Å²) < 4.78 is 41.2. The van der Waals surface area contributed by atoms with Crippen molar-refractivity contribution < 1.29 is 63.2 Å². The Hall–Kier alpha value is -2.09. The number of hydrogen-bond acceptors (Lipinski definition) is 6. The predicted molar refractivity (Wildman–Crippen MR) is 123 cm³/mol. The minimum Gasteiger partial charge on any atom is -0.870 e. The molecule has 1 atom stereocenters. The first kappa shape index (κ1) is 30.1. The van der Waals surface area contributed by atoms with Gasteiger partial charge < -0.3 is 24.6 Å². The van der Waals surface area contributed by atoms with Crippen LogP contribution >= 0.6 is 15.9 Å².